The summed E-state index contributed by atoms with van der Waals surface area (Å²) >= 11 is 11.7. The van der Waals surface area contributed by atoms with Crippen molar-refractivity contribution in [1.82, 2.24) is 0 Å². The molecule has 8 nitrogen and oxygen atoms in total. The van der Waals surface area contributed by atoms with Crippen LogP contribution in [0.25, 0.3) is 0 Å². The quantitative estimate of drug-likeness (QED) is 0.190. The van der Waals surface area contributed by atoms with Crippen molar-refractivity contribution in [1.29, 1.82) is 0 Å². The van der Waals surface area contributed by atoms with Gasteiger partial charge < -0.3 is 24.7 Å². The second kappa shape index (κ2) is 11.8. The molecule has 0 aliphatic heterocycles. The minimum atomic E-state index is -4.30. The zero-order valence-electron chi connectivity index (χ0n) is 18.7. The highest BCUT2D eigenvalue weighted by atomic mass is 35.5. The summed E-state index contributed by atoms with van der Waals surface area (Å²) in [7, 11) is 0.750. The lowest BCUT2D eigenvalue weighted by atomic mass is 10.0. The van der Waals surface area contributed by atoms with E-state index in [-0.39, 0.29) is 22.4 Å². The molecular weight excluding hydrogens is 537 g/mol. The van der Waals surface area contributed by atoms with Crippen LogP contribution in [0.5, 0.6) is 11.5 Å². The molecule has 14 heteroatoms. The summed E-state index contributed by atoms with van der Waals surface area (Å²) in [6, 6.07) is 2.82. The van der Waals surface area contributed by atoms with Crippen LogP contribution in [0.4, 0.5) is 17.6 Å². The first-order chi connectivity index (χ1) is 16.8. The van der Waals surface area contributed by atoms with Crippen molar-refractivity contribution in [3.8, 4) is 11.5 Å². The van der Waals surface area contributed by atoms with Crippen molar-refractivity contribution < 1.29 is 50.9 Å². The highest BCUT2D eigenvalue weighted by molar-refractivity contribution is 6.36. The molecular formula is C22H19Cl2F4NO7. The van der Waals surface area contributed by atoms with E-state index >= 15 is 0 Å². The molecule has 196 valence electrons. The number of carbonyl (C=O) groups is 3. The molecule has 0 radical (unpaired) electrons. The summed E-state index contributed by atoms with van der Waals surface area (Å²) in [5, 5.41) is -0.186. The Morgan fingerprint density at radius 1 is 0.944 bits per heavy atom. The van der Waals surface area contributed by atoms with Crippen LogP contribution >= 0.6 is 23.2 Å². The second-order valence-corrected chi connectivity index (χ2v) is 7.76. The summed E-state index contributed by atoms with van der Waals surface area (Å²) < 4.78 is 76.9. The van der Waals surface area contributed by atoms with Gasteiger partial charge in [-0.1, -0.05) is 35.3 Å². The molecule has 0 aromatic heterocycles. The molecule has 0 fully saturated rings. The fourth-order valence-corrected chi connectivity index (χ4v) is 3.05. The van der Waals surface area contributed by atoms with Gasteiger partial charge in [0.1, 0.15) is 11.5 Å². The molecule has 0 spiro atoms. The van der Waals surface area contributed by atoms with Crippen LogP contribution in [0.1, 0.15) is 18.1 Å². The Hall–Kier alpha value is -3.09. The van der Waals surface area contributed by atoms with Crippen molar-refractivity contribution in [3.63, 3.8) is 0 Å². The van der Waals surface area contributed by atoms with E-state index in [0.29, 0.717) is 6.07 Å². The average molecular weight is 556 g/mol. The maximum Gasteiger partial charge on any atom is 0.381 e. The Labute approximate surface area is 212 Å². The van der Waals surface area contributed by atoms with Gasteiger partial charge in [0, 0.05) is 11.1 Å². The fraction of sp³-hybridized carbons (Fsp3) is 0.318. The Bertz CT molecular complexity index is 1150. The summed E-state index contributed by atoms with van der Waals surface area (Å²) in [4.78, 5) is 34.9. The molecule has 2 N–H and O–H groups in total. The van der Waals surface area contributed by atoms with Gasteiger partial charge >= 0.3 is 23.6 Å². The normalized spacial score (nSPS) is 12.5. The molecule has 0 aliphatic carbocycles. The smallest absolute Gasteiger partial charge is 0.381 e. The Morgan fingerprint density at radius 2 is 1.47 bits per heavy atom. The van der Waals surface area contributed by atoms with Crippen molar-refractivity contribution in [3.05, 3.63) is 57.6 Å². The van der Waals surface area contributed by atoms with Gasteiger partial charge in [0.2, 0.25) is 6.79 Å². The molecule has 1 atom stereocenters. The summed E-state index contributed by atoms with van der Waals surface area (Å²) in [5.41, 5.74) is 3.74. The number of halogens is 6. The van der Waals surface area contributed by atoms with Crippen molar-refractivity contribution >= 4 is 40.9 Å². The van der Waals surface area contributed by atoms with E-state index in [2.05, 4.69) is 9.47 Å². The highest BCUT2D eigenvalue weighted by Gasteiger charge is 2.47. The third kappa shape index (κ3) is 6.37. The van der Waals surface area contributed by atoms with Crippen molar-refractivity contribution in [2.45, 2.75) is 24.8 Å². The summed E-state index contributed by atoms with van der Waals surface area (Å²) in [6.45, 7) is 0.712. The standard InChI is InChI=1S/C22H19Cl2F4NO7/c1-3-34-15-8-11(4-6-13(15)23)21(25,26)17(29)19(31)36-10-35-16-9-12(5-7-14(16)24)22(27,28)18(30)20(32)33-2/h4-9,17H,3,10,29H2,1-2H3. The Balaban J connectivity index is 2.11. The van der Waals surface area contributed by atoms with Crippen molar-refractivity contribution in [2.24, 2.45) is 5.73 Å². The van der Waals surface area contributed by atoms with E-state index in [0.717, 1.165) is 37.4 Å². The fourth-order valence-electron chi connectivity index (χ4n) is 2.71. The van der Waals surface area contributed by atoms with E-state index < -0.39 is 59.3 Å². The molecule has 0 saturated heterocycles. The number of methoxy groups -OCH3 is 1. The summed E-state index contributed by atoms with van der Waals surface area (Å²) in [6.07, 6.45) is 0. The van der Waals surface area contributed by atoms with Gasteiger partial charge in [0.25, 0.3) is 5.92 Å². The number of alkyl halides is 4. The first-order valence-corrected chi connectivity index (χ1v) is 10.7. The number of benzene rings is 2. The molecule has 0 saturated carbocycles. The maximum atomic E-state index is 14.8. The third-order valence-electron chi connectivity index (χ3n) is 4.63. The highest BCUT2D eigenvalue weighted by Crippen LogP contribution is 2.37. The maximum absolute atomic E-state index is 14.8. The molecule has 2 rings (SSSR count). The molecule has 0 amide bonds. The van der Waals surface area contributed by atoms with Crippen LogP contribution in [-0.4, -0.2) is 44.3 Å². The first-order valence-electron chi connectivity index (χ1n) is 9.93. The van der Waals surface area contributed by atoms with E-state index in [1.54, 1.807) is 6.92 Å². The van der Waals surface area contributed by atoms with Crippen LogP contribution in [0.2, 0.25) is 10.0 Å². The molecule has 0 bridgehead atoms. The number of esters is 2. The lowest BCUT2D eigenvalue weighted by molar-refractivity contribution is -0.165. The SMILES string of the molecule is CCOc1cc(C(F)(F)C(N)C(=O)OCOc2cc(C(F)(F)C(=O)C(=O)OC)ccc2Cl)ccc1Cl. The Kier molecular flexibility index (Phi) is 9.52. The van der Waals surface area contributed by atoms with E-state index in [9.17, 15) is 31.9 Å². The van der Waals surface area contributed by atoms with Gasteiger partial charge in [-0.05, 0) is 31.2 Å². The predicted octanol–water partition coefficient (Wildman–Crippen LogP) is 4.22. The van der Waals surface area contributed by atoms with Crippen LogP contribution in [-0.2, 0) is 35.7 Å². The number of ether oxygens (including phenoxy) is 4. The van der Waals surface area contributed by atoms with Crippen LogP contribution in [0.15, 0.2) is 36.4 Å². The zero-order valence-corrected chi connectivity index (χ0v) is 20.2. The van der Waals surface area contributed by atoms with Gasteiger partial charge in [-0.15, -0.1) is 0 Å². The number of nitrogens with two attached hydrogens (primary N) is 1. The number of hydrogen-bond acceptors (Lipinski definition) is 8. The van der Waals surface area contributed by atoms with Crippen LogP contribution in [0, 0.1) is 0 Å². The lowest BCUT2D eigenvalue weighted by Crippen LogP contribution is -2.46. The molecule has 0 heterocycles. The predicted molar refractivity (Wildman–Crippen MR) is 118 cm³/mol. The van der Waals surface area contributed by atoms with Crippen LogP contribution in [0.3, 0.4) is 0 Å². The minimum Gasteiger partial charge on any atom is -0.492 e. The van der Waals surface area contributed by atoms with E-state index in [1.165, 1.54) is 0 Å². The number of Topliss-reactive ketones (excluding diaryl/α,β-unsaturated/α-hetero) is 1. The topological polar surface area (TPSA) is 114 Å². The first kappa shape index (κ1) is 29.1. The van der Waals surface area contributed by atoms with Gasteiger partial charge in [-0.3, -0.25) is 9.59 Å². The van der Waals surface area contributed by atoms with Gasteiger partial charge in [0.05, 0.1) is 23.8 Å². The van der Waals surface area contributed by atoms with Crippen molar-refractivity contribution in [2.75, 3.05) is 20.5 Å². The lowest BCUT2D eigenvalue weighted by Gasteiger charge is -2.23. The third-order valence-corrected chi connectivity index (χ3v) is 5.25. The monoisotopic (exact) mass is 555 g/mol. The van der Waals surface area contributed by atoms with E-state index in [1.807, 2.05) is 0 Å². The van der Waals surface area contributed by atoms with Gasteiger partial charge in [-0.2, -0.15) is 17.6 Å². The molecule has 2 aromatic rings. The van der Waals surface area contributed by atoms with Gasteiger partial charge in [0.15, 0.2) is 6.04 Å². The molecule has 0 aliphatic rings. The number of carbonyl (C=O) groups excluding carboxylic acids is 3. The molecule has 2 aromatic carbocycles. The zero-order chi connectivity index (χ0) is 27.3. The molecule has 36 heavy (non-hydrogen) atoms. The average Bonchev–Trinajstić information content (AvgIpc) is 2.84. The van der Waals surface area contributed by atoms with Crippen LogP contribution < -0.4 is 15.2 Å². The molecule has 1 unspecified atom stereocenters. The number of ketones is 1. The summed E-state index contributed by atoms with van der Waals surface area (Å²) in [5.74, 6) is -14.3. The number of rotatable bonds is 11. The van der Waals surface area contributed by atoms with Gasteiger partial charge in [-0.25, -0.2) is 4.79 Å². The minimum absolute atomic E-state index is 0.0442. The largest absolute Gasteiger partial charge is 0.492 e. The Morgan fingerprint density at radius 3 is 2.03 bits per heavy atom. The number of hydrogen-bond donors (Lipinski definition) is 1. The second-order valence-electron chi connectivity index (χ2n) is 6.94. The van der Waals surface area contributed by atoms with E-state index in [4.69, 9.17) is 38.4 Å².